The first-order chi connectivity index (χ1) is 9.10. The van der Waals surface area contributed by atoms with Gasteiger partial charge in [-0.3, -0.25) is 14.7 Å². The summed E-state index contributed by atoms with van der Waals surface area (Å²) in [6, 6.07) is 3.07. The first-order valence-electron chi connectivity index (χ1n) is 6.16. The molecule has 1 atom stereocenters. The van der Waals surface area contributed by atoms with Crippen molar-refractivity contribution in [3.05, 3.63) is 23.5 Å². The van der Waals surface area contributed by atoms with Gasteiger partial charge in [0.1, 0.15) is 11.8 Å². The summed E-state index contributed by atoms with van der Waals surface area (Å²) in [6.07, 6.45) is 0. The highest BCUT2D eigenvalue weighted by Crippen LogP contribution is 2.17. The van der Waals surface area contributed by atoms with Gasteiger partial charge < -0.3 is 14.6 Å². The molecule has 1 N–H and O–H groups in total. The van der Waals surface area contributed by atoms with E-state index in [0.29, 0.717) is 19.7 Å². The Balaban J connectivity index is 2.14. The van der Waals surface area contributed by atoms with Crippen LogP contribution in [-0.2, 0) is 16.1 Å². The normalized spacial score (nSPS) is 20.2. The molecule has 2 rings (SSSR count). The predicted octanol–water partition coefficient (Wildman–Crippen LogP) is 0.684. The van der Waals surface area contributed by atoms with Crippen molar-refractivity contribution in [3.63, 3.8) is 0 Å². The van der Waals surface area contributed by atoms with E-state index in [-0.39, 0.29) is 6.61 Å². The average molecular weight is 266 g/mol. The third kappa shape index (κ3) is 3.42. The number of pyridine rings is 1. The van der Waals surface area contributed by atoms with Gasteiger partial charge in [-0.2, -0.15) is 0 Å². The highest BCUT2D eigenvalue weighted by atomic mass is 16.5. The third-order valence-corrected chi connectivity index (χ3v) is 3.11. The summed E-state index contributed by atoms with van der Waals surface area (Å²) in [7, 11) is 1.60. The molecule has 1 aliphatic rings. The molecule has 1 aromatic heterocycles. The van der Waals surface area contributed by atoms with Crippen molar-refractivity contribution in [1.29, 1.82) is 0 Å². The van der Waals surface area contributed by atoms with Crippen LogP contribution >= 0.6 is 0 Å². The molecule has 1 fully saturated rings. The first kappa shape index (κ1) is 13.8. The van der Waals surface area contributed by atoms with Crippen LogP contribution in [0.3, 0.4) is 0 Å². The number of carbonyl (C=O) groups is 1. The molecule has 2 heterocycles. The topological polar surface area (TPSA) is 71.9 Å². The maximum absolute atomic E-state index is 11.2. The molecule has 0 spiro atoms. The van der Waals surface area contributed by atoms with Crippen LogP contribution in [0.4, 0.5) is 0 Å². The minimum Gasteiger partial charge on any atom is -0.497 e. The molecule has 19 heavy (non-hydrogen) atoms. The molecule has 0 aliphatic carbocycles. The molecule has 6 nitrogen and oxygen atoms in total. The number of carboxylic acid groups (broad SMARTS) is 1. The fraction of sp³-hybridized carbons (Fsp3) is 0.538. The second-order valence-corrected chi connectivity index (χ2v) is 4.54. The molecular formula is C13H18N2O4. The van der Waals surface area contributed by atoms with Crippen LogP contribution in [-0.4, -0.2) is 53.9 Å². The molecule has 6 heteroatoms. The number of aromatic nitrogens is 1. The predicted molar refractivity (Wildman–Crippen MR) is 68.2 cm³/mol. The molecule has 1 unspecified atom stereocenters. The summed E-state index contributed by atoms with van der Waals surface area (Å²) in [4.78, 5) is 17.5. The van der Waals surface area contributed by atoms with Crippen molar-refractivity contribution < 1.29 is 19.4 Å². The Morgan fingerprint density at radius 3 is 3.11 bits per heavy atom. The van der Waals surface area contributed by atoms with Crippen LogP contribution in [0.2, 0.25) is 0 Å². The van der Waals surface area contributed by atoms with Gasteiger partial charge in [-0.05, 0) is 6.92 Å². The van der Waals surface area contributed by atoms with E-state index in [0.717, 1.165) is 17.1 Å². The number of aryl methyl sites for hydroxylation is 1. The van der Waals surface area contributed by atoms with Crippen molar-refractivity contribution >= 4 is 5.97 Å². The van der Waals surface area contributed by atoms with Gasteiger partial charge >= 0.3 is 5.97 Å². The lowest BCUT2D eigenvalue weighted by Gasteiger charge is -2.32. The van der Waals surface area contributed by atoms with Crippen molar-refractivity contribution in [3.8, 4) is 5.75 Å². The molecule has 0 aromatic carbocycles. The molecule has 1 aromatic rings. The lowest BCUT2D eigenvalue weighted by atomic mass is 10.2. The number of hydrogen-bond donors (Lipinski definition) is 1. The Morgan fingerprint density at radius 1 is 1.63 bits per heavy atom. The van der Waals surface area contributed by atoms with E-state index >= 15 is 0 Å². The molecule has 0 radical (unpaired) electrons. The van der Waals surface area contributed by atoms with E-state index in [1.807, 2.05) is 24.0 Å². The number of carboxylic acids is 1. The van der Waals surface area contributed by atoms with Crippen LogP contribution in [0.1, 0.15) is 11.4 Å². The fourth-order valence-electron chi connectivity index (χ4n) is 2.16. The number of morpholine rings is 1. The van der Waals surface area contributed by atoms with E-state index in [4.69, 9.17) is 9.47 Å². The summed E-state index contributed by atoms with van der Waals surface area (Å²) in [5.74, 6) is -0.123. The molecule has 0 saturated carbocycles. The highest BCUT2D eigenvalue weighted by molar-refractivity contribution is 5.73. The van der Waals surface area contributed by atoms with Gasteiger partial charge in [0, 0.05) is 30.9 Å². The molecular weight excluding hydrogens is 248 g/mol. The zero-order chi connectivity index (χ0) is 13.8. The Kier molecular flexibility index (Phi) is 4.34. The van der Waals surface area contributed by atoms with Crippen LogP contribution in [0.25, 0.3) is 0 Å². The van der Waals surface area contributed by atoms with Gasteiger partial charge in [-0.15, -0.1) is 0 Å². The van der Waals surface area contributed by atoms with Crippen LogP contribution in [0.15, 0.2) is 12.1 Å². The number of nitrogens with zero attached hydrogens (tertiary/aromatic N) is 2. The number of rotatable bonds is 4. The Morgan fingerprint density at radius 2 is 2.42 bits per heavy atom. The van der Waals surface area contributed by atoms with Gasteiger partial charge in [0.2, 0.25) is 0 Å². The highest BCUT2D eigenvalue weighted by Gasteiger charge is 2.29. The second-order valence-electron chi connectivity index (χ2n) is 4.54. The summed E-state index contributed by atoms with van der Waals surface area (Å²) < 4.78 is 10.4. The number of methoxy groups -OCH3 is 1. The van der Waals surface area contributed by atoms with Gasteiger partial charge in [-0.1, -0.05) is 0 Å². The van der Waals surface area contributed by atoms with Crippen molar-refractivity contribution in [2.24, 2.45) is 0 Å². The zero-order valence-electron chi connectivity index (χ0n) is 11.1. The quantitative estimate of drug-likeness (QED) is 0.864. The Bertz CT molecular complexity index is 464. The molecule has 1 aliphatic heterocycles. The Hall–Kier alpha value is -1.66. The molecule has 1 saturated heterocycles. The summed E-state index contributed by atoms with van der Waals surface area (Å²) in [5, 5.41) is 9.18. The largest absolute Gasteiger partial charge is 0.497 e. The lowest BCUT2D eigenvalue weighted by Crippen LogP contribution is -2.49. The van der Waals surface area contributed by atoms with Crippen molar-refractivity contribution in [1.82, 2.24) is 9.88 Å². The summed E-state index contributed by atoms with van der Waals surface area (Å²) in [6.45, 7) is 3.73. The third-order valence-electron chi connectivity index (χ3n) is 3.11. The summed E-state index contributed by atoms with van der Waals surface area (Å²) >= 11 is 0. The van der Waals surface area contributed by atoms with Crippen LogP contribution in [0.5, 0.6) is 5.75 Å². The van der Waals surface area contributed by atoms with E-state index in [1.165, 1.54) is 0 Å². The van der Waals surface area contributed by atoms with Gasteiger partial charge in [0.15, 0.2) is 0 Å². The lowest BCUT2D eigenvalue weighted by molar-refractivity contribution is -0.150. The summed E-state index contributed by atoms with van der Waals surface area (Å²) in [5.41, 5.74) is 1.67. The maximum atomic E-state index is 11.2. The molecule has 0 amide bonds. The fourth-order valence-corrected chi connectivity index (χ4v) is 2.16. The van der Waals surface area contributed by atoms with E-state index in [9.17, 15) is 9.90 Å². The molecule has 104 valence electrons. The minimum atomic E-state index is -0.862. The molecule has 0 bridgehead atoms. The number of aliphatic carboxylic acids is 1. The second kappa shape index (κ2) is 5.99. The van der Waals surface area contributed by atoms with E-state index < -0.39 is 12.0 Å². The van der Waals surface area contributed by atoms with Crippen LogP contribution < -0.4 is 4.74 Å². The van der Waals surface area contributed by atoms with Crippen molar-refractivity contribution in [2.75, 3.05) is 26.9 Å². The SMILES string of the molecule is COc1cc(C)nc(CN2CCOCC2C(=O)O)c1. The monoisotopic (exact) mass is 266 g/mol. The minimum absolute atomic E-state index is 0.221. The zero-order valence-corrected chi connectivity index (χ0v) is 11.1. The van der Waals surface area contributed by atoms with Gasteiger partial charge in [-0.25, -0.2) is 0 Å². The first-order valence-corrected chi connectivity index (χ1v) is 6.16. The van der Waals surface area contributed by atoms with Crippen molar-refractivity contribution in [2.45, 2.75) is 19.5 Å². The van der Waals surface area contributed by atoms with Gasteiger partial charge in [0.25, 0.3) is 0 Å². The standard InChI is InChI=1S/C13H18N2O4/c1-9-5-11(18-2)6-10(14-9)7-15-3-4-19-8-12(15)13(16)17/h5-6,12H,3-4,7-8H2,1-2H3,(H,16,17). The van der Waals surface area contributed by atoms with E-state index in [2.05, 4.69) is 4.98 Å². The Labute approximate surface area is 112 Å². The van der Waals surface area contributed by atoms with Gasteiger partial charge in [0.05, 0.1) is 26.0 Å². The maximum Gasteiger partial charge on any atom is 0.323 e. The average Bonchev–Trinajstić information content (AvgIpc) is 2.38. The van der Waals surface area contributed by atoms with E-state index in [1.54, 1.807) is 7.11 Å². The van der Waals surface area contributed by atoms with Crippen LogP contribution in [0, 0.1) is 6.92 Å². The smallest absolute Gasteiger partial charge is 0.323 e. The number of ether oxygens (including phenoxy) is 2. The number of hydrogen-bond acceptors (Lipinski definition) is 5.